The number of β-amino-alcohol motifs (C(OH)–C–C–N with tert-alkyl or cyclic N) is 1. The molecular weight excluding hydrogens is 905 g/mol. The van der Waals surface area contributed by atoms with Gasteiger partial charge in [0, 0.05) is 85.6 Å². The Morgan fingerprint density at radius 1 is 1.00 bits per heavy atom. The number of carbonyl (C=O) groups is 5. The number of aryl methyl sites for hydroxylation is 1. The number of fused-ring (bicyclic) bond motifs is 6. The Hall–Kier alpha value is -6.14. The van der Waals surface area contributed by atoms with Crippen LogP contribution in [0.25, 0.3) is 33.3 Å². The number of rotatable bonds is 9. The topological polar surface area (TPSA) is 210 Å². The third kappa shape index (κ3) is 10.5. The van der Waals surface area contributed by atoms with E-state index < -0.39 is 64.3 Å². The van der Waals surface area contributed by atoms with Crippen LogP contribution in [-0.2, 0) is 48.1 Å². The Bertz CT molecular complexity index is 2710. The second-order valence-corrected chi connectivity index (χ2v) is 21.3. The third-order valence-corrected chi connectivity index (χ3v) is 14.9. The van der Waals surface area contributed by atoms with E-state index in [0.717, 1.165) is 80.9 Å². The SMILES string of the molecule is C=CC(=O)N1CC[C@](O)(C(=O)N(C)[C@H](C(=O)N[C@H]2Cc3cc(O)cc(c3)-c3ccc4c(c3)c(c(-c3ccc(C5CCN(C)CC5)nc3)n4CC)CC(C)(C)COC(=O)[C@@]3(O)CCCN(N3)C2=O)C(C)C)C1. The van der Waals surface area contributed by atoms with Crippen LogP contribution in [0.15, 0.2) is 67.4 Å². The van der Waals surface area contributed by atoms with Crippen molar-refractivity contribution in [2.75, 3.05) is 53.4 Å². The molecule has 0 aliphatic carbocycles. The maximum Gasteiger partial charge on any atom is 0.355 e. The number of phenols is 1. The molecule has 4 aliphatic rings. The summed E-state index contributed by atoms with van der Waals surface area (Å²) < 4.78 is 8.25. The number of hydrogen-bond acceptors (Lipinski definition) is 12. The zero-order valence-electron chi connectivity index (χ0n) is 42.2. The standard InChI is InChI=1S/C54H70N8O9/c1-9-45(64)60-23-19-53(69,31-60)50(67)59(8)46(33(3)4)48(65)56-43-26-34-24-38(27-39(63)25-34)36-13-15-44-40(28-36)41(29-52(5,6)32-71-51(68)54(70)18-11-20-62(57-54)49(43)66)47(61(44)10-2)37-12-14-42(55-30-37)35-16-21-58(7)22-17-35/h9,12-15,24-25,27-28,30,33,35,43,46,57,63,69-70H,1,10-11,16-23,26,29,31-32H2,2-8H3,(H,56,65)/t43-,46-,53+,54-/m0/s1. The van der Waals surface area contributed by atoms with Gasteiger partial charge in [0.1, 0.15) is 17.8 Å². The normalized spacial score (nSPS) is 23.8. The smallest absolute Gasteiger partial charge is 0.355 e. The Morgan fingerprint density at radius 3 is 2.41 bits per heavy atom. The maximum absolute atomic E-state index is 14.8. The summed E-state index contributed by atoms with van der Waals surface area (Å²) in [6.07, 6.45) is 5.64. The van der Waals surface area contributed by atoms with E-state index in [1.807, 2.05) is 32.2 Å². The summed E-state index contributed by atoms with van der Waals surface area (Å²) in [5.41, 5.74) is 4.85. The number of pyridine rings is 1. The van der Waals surface area contributed by atoms with Crippen LogP contribution >= 0.6 is 0 Å². The quantitative estimate of drug-likeness (QED) is 0.116. The first-order valence-corrected chi connectivity index (χ1v) is 25.0. The molecule has 8 rings (SSSR count). The fourth-order valence-electron chi connectivity index (χ4n) is 11.1. The van der Waals surface area contributed by atoms with Crippen molar-refractivity contribution in [2.24, 2.45) is 11.3 Å². The molecule has 0 saturated carbocycles. The molecule has 3 saturated heterocycles. The highest BCUT2D eigenvalue weighted by atomic mass is 16.6. The molecule has 4 atom stereocenters. The second-order valence-electron chi connectivity index (χ2n) is 21.3. The number of nitrogens with zero attached hydrogens (tertiary/aromatic N) is 6. The van der Waals surface area contributed by atoms with E-state index in [0.29, 0.717) is 30.0 Å². The first kappa shape index (κ1) is 51.2. The van der Waals surface area contributed by atoms with Crippen LogP contribution in [0.4, 0.5) is 0 Å². The van der Waals surface area contributed by atoms with Gasteiger partial charge >= 0.3 is 5.97 Å². The van der Waals surface area contributed by atoms with E-state index in [1.165, 1.54) is 18.0 Å². The number of likely N-dealkylation sites (tertiary alicyclic amines) is 2. The highest BCUT2D eigenvalue weighted by molar-refractivity contribution is 5.97. The Labute approximate surface area is 415 Å². The van der Waals surface area contributed by atoms with Crippen LogP contribution in [0, 0.1) is 11.3 Å². The summed E-state index contributed by atoms with van der Waals surface area (Å²) in [5.74, 6) is -3.73. The Morgan fingerprint density at radius 2 is 1.73 bits per heavy atom. The van der Waals surface area contributed by atoms with Gasteiger partial charge in [-0.1, -0.05) is 46.4 Å². The van der Waals surface area contributed by atoms with Crippen LogP contribution < -0.4 is 10.7 Å². The van der Waals surface area contributed by atoms with Crippen LogP contribution in [0.1, 0.15) is 89.5 Å². The maximum atomic E-state index is 14.8. The van der Waals surface area contributed by atoms with Gasteiger partial charge in [-0.2, -0.15) is 5.43 Å². The number of cyclic esters (lactones) is 1. The molecular formula is C54H70N8O9. The van der Waals surface area contributed by atoms with E-state index in [2.05, 4.69) is 65.0 Å². The van der Waals surface area contributed by atoms with Gasteiger partial charge in [0.15, 0.2) is 5.60 Å². The molecule has 2 aromatic heterocycles. The van der Waals surface area contributed by atoms with Gasteiger partial charge in [-0.15, -0.1) is 0 Å². The van der Waals surface area contributed by atoms with Crippen molar-refractivity contribution in [1.29, 1.82) is 0 Å². The largest absolute Gasteiger partial charge is 0.508 e. The molecule has 0 radical (unpaired) electrons. The lowest BCUT2D eigenvalue weighted by Crippen LogP contribution is -2.67. The van der Waals surface area contributed by atoms with E-state index in [9.17, 15) is 39.3 Å². The number of aromatic hydroxyl groups is 1. The third-order valence-electron chi connectivity index (χ3n) is 14.9. The Balaban J connectivity index is 1.19. The summed E-state index contributed by atoms with van der Waals surface area (Å²) in [4.78, 5) is 79.6. The van der Waals surface area contributed by atoms with Gasteiger partial charge in [-0.3, -0.25) is 29.2 Å². The molecule has 71 heavy (non-hydrogen) atoms. The van der Waals surface area contributed by atoms with Crippen LogP contribution in [0.3, 0.4) is 0 Å². The van der Waals surface area contributed by atoms with Gasteiger partial charge in [0.2, 0.25) is 17.5 Å². The average molecular weight is 975 g/mol. The molecule has 17 nitrogen and oxygen atoms in total. The van der Waals surface area contributed by atoms with Crippen LogP contribution in [0.2, 0.25) is 0 Å². The van der Waals surface area contributed by atoms with Crippen molar-refractivity contribution in [3.05, 3.63) is 84.2 Å². The lowest BCUT2D eigenvalue weighted by molar-refractivity contribution is -0.189. The molecule has 3 fully saturated rings. The number of hydrazine groups is 1. The van der Waals surface area contributed by atoms with E-state index in [4.69, 9.17) is 9.72 Å². The molecule has 17 heteroatoms. The number of ether oxygens (including phenoxy) is 1. The summed E-state index contributed by atoms with van der Waals surface area (Å²) >= 11 is 0. The number of aliphatic hydroxyl groups is 2. The minimum Gasteiger partial charge on any atom is -0.508 e. The minimum absolute atomic E-state index is 0.0451. The highest BCUT2D eigenvalue weighted by Crippen LogP contribution is 2.41. The van der Waals surface area contributed by atoms with Gasteiger partial charge in [-0.05, 0) is 123 Å². The number of aromatic nitrogens is 2. The second kappa shape index (κ2) is 20.2. The first-order chi connectivity index (χ1) is 33.6. The molecule has 6 bridgehead atoms. The lowest BCUT2D eigenvalue weighted by atomic mass is 9.84. The number of piperidine rings is 1. The summed E-state index contributed by atoms with van der Waals surface area (Å²) in [5, 5.41) is 39.7. The number of carbonyl (C=O) groups excluding carboxylic acids is 5. The molecule has 5 N–H and O–H groups in total. The molecule has 6 heterocycles. The van der Waals surface area contributed by atoms with Crippen molar-refractivity contribution in [3.8, 4) is 28.1 Å². The van der Waals surface area contributed by atoms with Crippen molar-refractivity contribution < 1.29 is 44.0 Å². The molecule has 4 aliphatic heterocycles. The van der Waals surface area contributed by atoms with Crippen LogP contribution in [-0.4, -0.2) is 151 Å². The number of benzene rings is 2. The zero-order chi connectivity index (χ0) is 51.2. The van der Waals surface area contributed by atoms with Gasteiger partial charge in [-0.25, -0.2) is 4.79 Å². The molecule has 4 aromatic rings. The van der Waals surface area contributed by atoms with Crippen LogP contribution in [0.5, 0.6) is 5.75 Å². The predicted octanol–water partition coefficient (Wildman–Crippen LogP) is 4.51. The van der Waals surface area contributed by atoms with Gasteiger partial charge in [0.25, 0.3) is 11.8 Å². The Kier molecular flexibility index (Phi) is 14.5. The summed E-state index contributed by atoms with van der Waals surface area (Å²) in [6, 6.07) is 13.0. The first-order valence-electron chi connectivity index (χ1n) is 25.0. The number of esters is 1. The van der Waals surface area contributed by atoms with Crippen molar-refractivity contribution in [2.45, 2.75) is 115 Å². The molecule has 380 valence electrons. The van der Waals surface area contributed by atoms with Gasteiger partial charge in [0.05, 0.1) is 18.8 Å². The summed E-state index contributed by atoms with van der Waals surface area (Å²) in [6.45, 7) is 15.7. The highest BCUT2D eigenvalue weighted by Gasteiger charge is 2.49. The lowest BCUT2D eigenvalue weighted by Gasteiger charge is -2.40. The molecule has 4 amide bonds. The fraction of sp³-hybridized carbons (Fsp3) is 0.519. The number of phenolic OH excluding ortho intramolecular Hbond substituents is 1. The zero-order valence-corrected chi connectivity index (χ0v) is 42.2. The van der Waals surface area contributed by atoms with E-state index in [-0.39, 0.29) is 57.7 Å². The number of nitrogens with one attached hydrogen (secondary N) is 2. The van der Waals surface area contributed by atoms with Crippen molar-refractivity contribution in [1.82, 2.24) is 40.0 Å². The summed E-state index contributed by atoms with van der Waals surface area (Å²) in [7, 11) is 3.55. The van der Waals surface area contributed by atoms with E-state index in [1.54, 1.807) is 19.9 Å². The number of hydrogen-bond donors (Lipinski definition) is 5. The molecule has 0 unspecified atom stereocenters. The number of amides is 4. The van der Waals surface area contributed by atoms with E-state index >= 15 is 0 Å². The molecule has 2 aromatic carbocycles. The fourth-order valence-corrected chi connectivity index (χ4v) is 11.1. The van der Waals surface area contributed by atoms with Crippen molar-refractivity contribution in [3.63, 3.8) is 0 Å². The van der Waals surface area contributed by atoms with Gasteiger partial charge < -0.3 is 44.6 Å². The minimum atomic E-state index is -2.29. The monoisotopic (exact) mass is 975 g/mol. The van der Waals surface area contributed by atoms with Crippen molar-refractivity contribution >= 4 is 40.5 Å². The molecule has 0 spiro atoms. The average Bonchev–Trinajstić information content (AvgIpc) is 3.89. The number of likely N-dealkylation sites (N-methyl/N-ethyl adjacent to an activating group) is 1. The predicted molar refractivity (Wildman–Crippen MR) is 268 cm³/mol.